The first-order valence-corrected chi connectivity index (χ1v) is 8.10. The number of methoxy groups -OCH3 is 1. The summed E-state index contributed by atoms with van der Waals surface area (Å²) in [6.07, 6.45) is 2.29. The third kappa shape index (κ3) is 4.67. The summed E-state index contributed by atoms with van der Waals surface area (Å²) >= 11 is 11.3. The van der Waals surface area contributed by atoms with Gasteiger partial charge in [0, 0.05) is 5.92 Å². The van der Waals surface area contributed by atoms with E-state index >= 15 is 0 Å². The van der Waals surface area contributed by atoms with Crippen LogP contribution in [0, 0.1) is 5.92 Å². The quantitative estimate of drug-likeness (QED) is 0.656. The van der Waals surface area contributed by atoms with Crippen LogP contribution in [0.5, 0.6) is 11.5 Å². The molecule has 0 fully saturated rings. The molecule has 0 saturated heterocycles. The van der Waals surface area contributed by atoms with E-state index in [2.05, 4.69) is 51.4 Å². The summed E-state index contributed by atoms with van der Waals surface area (Å²) in [6.45, 7) is 2.87. The maximum absolute atomic E-state index is 5.84. The lowest BCUT2D eigenvalue weighted by Crippen LogP contribution is -2.13. The molecule has 5 heteroatoms. The third-order valence-corrected chi connectivity index (χ3v) is 4.39. The first-order chi connectivity index (χ1) is 8.62. The maximum Gasteiger partial charge on any atom is 0.134 e. The average Bonchev–Trinajstić information content (AvgIpc) is 2.37. The Kier molecular flexibility index (Phi) is 7.49. The third-order valence-electron chi connectivity index (χ3n) is 2.64. The molecule has 0 aromatic heterocycles. The number of halogens is 2. The van der Waals surface area contributed by atoms with Gasteiger partial charge in [-0.2, -0.15) is 12.6 Å². The molecule has 0 heterocycles. The van der Waals surface area contributed by atoms with Crippen LogP contribution in [0.3, 0.4) is 0 Å². The van der Waals surface area contributed by atoms with E-state index < -0.39 is 0 Å². The second-order valence-electron chi connectivity index (χ2n) is 4.07. The Hall–Kier alpha value is 0.130. The van der Waals surface area contributed by atoms with Crippen molar-refractivity contribution in [2.24, 2.45) is 5.92 Å². The molecule has 1 aromatic rings. The zero-order valence-electron chi connectivity index (χ0n) is 10.6. The Balaban J connectivity index is 2.70. The van der Waals surface area contributed by atoms with Crippen LogP contribution >= 0.6 is 44.5 Å². The van der Waals surface area contributed by atoms with Crippen LogP contribution in [0.4, 0.5) is 0 Å². The minimum atomic E-state index is 0.492. The molecule has 0 radical (unpaired) electrons. The van der Waals surface area contributed by atoms with Gasteiger partial charge in [0.05, 0.1) is 22.7 Å². The topological polar surface area (TPSA) is 18.5 Å². The van der Waals surface area contributed by atoms with Crippen LogP contribution in [-0.2, 0) is 0 Å². The molecule has 1 unspecified atom stereocenters. The standard InChI is InChI=1S/C13H18Br2O2S/c1-3-4-9(8-18)7-17-13-6-10(14)12(16-2)5-11(13)15/h5-6,9,18H,3-4,7-8H2,1-2H3. The average molecular weight is 398 g/mol. The minimum absolute atomic E-state index is 0.492. The second kappa shape index (κ2) is 8.33. The molecule has 0 bridgehead atoms. The lowest BCUT2D eigenvalue weighted by Gasteiger charge is -2.16. The van der Waals surface area contributed by atoms with Crippen LogP contribution in [-0.4, -0.2) is 19.5 Å². The normalized spacial score (nSPS) is 12.3. The molecule has 0 aliphatic heterocycles. The number of thiol groups is 1. The molecule has 1 aromatic carbocycles. The van der Waals surface area contributed by atoms with Gasteiger partial charge in [-0.3, -0.25) is 0 Å². The predicted octanol–water partition coefficient (Wildman–Crippen LogP) is 4.95. The van der Waals surface area contributed by atoms with E-state index in [9.17, 15) is 0 Å². The molecule has 102 valence electrons. The zero-order chi connectivity index (χ0) is 13.5. The van der Waals surface area contributed by atoms with E-state index in [0.29, 0.717) is 12.5 Å². The summed E-state index contributed by atoms with van der Waals surface area (Å²) in [7, 11) is 1.64. The van der Waals surface area contributed by atoms with E-state index in [4.69, 9.17) is 9.47 Å². The van der Waals surface area contributed by atoms with Gasteiger partial charge >= 0.3 is 0 Å². The van der Waals surface area contributed by atoms with Crippen molar-refractivity contribution in [1.82, 2.24) is 0 Å². The van der Waals surface area contributed by atoms with Crippen molar-refractivity contribution >= 4 is 44.5 Å². The molecule has 0 aliphatic rings. The van der Waals surface area contributed by atoms with Gasteiger partial charge in [-0.05, 0) is 56.2 Å². The van der Waals surface area contributed by atoms with Gasteiger partial charge < -0.3 is 9.47 Å². The Morgan fingerprint density at radius 3 is 2.39 bits per heavy atom. The van der Waals surface area contributed by atoms with Crippen LogP contribution < -0.4 is 9.47 Å². The highest BCUT2D eigenvalue weighted by Gasteiger charge is 2.11. The van der Waals surface area contributed by atoms with E-state index in [1.165, 1.54) is 0 Å². The van der Waals surface area contributed by atoms with Crippen LogP contribution in [0.25, 0.3) is 0 Å². The monoisotopic (exact) mass is 396 g/mol. The van der Waals surface area contributed by atoms with Crippen molar-refractivity contribution < 1.29 is 9.47 Å². The highest BCUT2D eigenvalue weighted by atomic mass is 79.9. The molecule has 0 amide bonds. The van der Waals surface area contributed by atoms with Crippen molar-refractivity contribution in [3.8, 4) is 11.5 Å². The summed E-state index contributed by atoms with van der Waals surface area (Å²) in [5, 5.41) is 0. The van der Waals surface area contributed by atoms with E-state index in [1.54, 1.807) is 7.11 Å². The van der Waals surface area contributed by atoms with Crippen molar-refractivity contribution in [3.63, 3.8) is 0 Å². The number of ether oxygens (including phenoxy) is 2. The van der Waals surface area contributed by atoms with Gasteiger partial charge in [0.1, 0.15) is 11.5 Å². The molecule has 0 N–H and O–H groups in total. The van der Waals surface area contributed by atoms with E-state index in [0.717, 1.165) is 39.0 Å². The number of hydrogen-bond donors (Lipinski definition) is 1. The van der Waals surface area contributed by atoms with Gasteiger partial charge in [-0.25, -0.2) is 0 Å². The van der Waals surface area contributed by atoms with Crippen molar-refractivity contribution in [2.45, 2.75) is 19.8 Å². The fraction of sp³-hybridized carbons (Fsp3) is 0.538. The second-order valence-corrected chi connectivity index (χ2v) is 6.14. The first-order valence-electron chi connectivity index (χ1n) is 5.89. The minimum Gasteiger partial charge on any atom is -0.496 e. The van der Waals surface area contributed by atoms with Gasteiger partial charge in [-0.1, -0.05) is 13.3 Å². The first kappa shape index (κ1) is 16.2. The maximum atomic E-state index is 5.84. The Labute approximate surface area is 131 Å². The van der Waals surface area contributed by atoms with E-state index in [1.807, 2.05) is 12.1 Å². The van der Waals surface area contributed by atoms with Crippen molar-refractivity contribution in [1.29, 1.82) is 0 Å². The van der Waals surface area contributed by atoms with Crippen LogP contribution in [0.15, 0.2) is 21.1 Å². The Morgan fingerprint density at radius 2 is 1.83 bits per heavy atom. The smallest absolute Gasteiger partial charge is 0.134 e. The molecule has 18 heavy (non-hydrogen) atoms. The zero-order valence-corrected chi connectivity index (χ0v) is 14.6. The lowest BCUT2D eigenvalue weighted by molar-refractivity contribution is 0.252. The van der Waals surface area contributed by atoms with E-state index in [-0.39, 0.29) is 0 Å². The van der Waals surface area contributed by atoms with Crippen molar-refractivity contribution in [2.75, 3.05) is 19.5 Å². The highest BCUT2D eigenvalue weighted by molar-refractivity contribution is 9.11. The highest BCUT2D eigenvalue weighted by Crippen LogP contribution is 2.36. The Morgan fingerprint density at radius 1 is 1.22 bits per heavy atom. The van der Waals surface area contributed by atoms with Crippen LogP contribution in [0.2, 0.25) is 0 Å². The molecule has 0 saturated carbocycles. The lowest BCUT2D eigenvalue weighted by atomic mass is 10.1. The summed E-state index contributed by atoms with van der Waals surface area (Å²) in [5.74, 6) is 2.95. The molecule has 1 rings (SSSR count). The molecular formula is C13H18Br2O2S. The fourth-order valence-corrected chi connectivity index (χ4v) is 2.83. The molecular weight excluding hydrogens is 380 g/mol. The number of hydrogen-bond acceptors (Lipinski definition) is 3. The molecule has 1 atom stereocenters. The van der Waals surface area contributed by atoms with Gasteiger partial charge in [0.25, 0.3) is 0 Å². The fourth-order valence-electron chi connectivity index (χ4n) is 1.62. The largest absolute Gasteiger partial charge is 0.496 e. The molecule has 0 aliphatic carbocycles. The van der Waals surface area contributed by atoms with Crippen LogP contribution in [0.1, 0.15) is 19.8 Å². The predicted molar refractivity (Wildman–Crippen MR) is 86.1 cm³/mol. The van der Waals surface area contributed by atoms with Crippen molar-refractivity contribution in [3.05, 3.63) is 21.1 Å². The summed E-state index contributed by atoms with van der Waals surface area (Å²) in [4.78, 5) is 0. The number of rotatable bonds is 7. The Bertz CT molecular complexity index is 385. The van der Waals surface area contributed by atoms with Gasteiger partial charge in [0.2, 0.25) is 0 Å². The SMILES string of the molecule is CCCC(CS)COc1cc(Br)c(OC)cc1Br. The molecule has 0 spiro atoms. The summed E-state index contributed by atoms with van der Waals surface area (Å²) in [5.41, 5.74) is 0. The molecule has 2 nitrogen and oxygen atoms in total. The van der Waals surface area contributed by atoms with Gasteiger partial charge in [-0.15, -0.1) is 0 Å². The summed E-state index contributed by atoms with van der Waals surface area (Å²) in [6, 6.07) is 3.82. The van der Waals surface area contributed by atoms with Gasteiger partial charge in [0.15, 0.2) is 0 Å². The summed E-state index contributed by atoms with van der Waals surface area (Å²) < 4.78 is 12.9. The number of benzene rings is 1.